The summed E-state index contributed by atoms with van der Waals surface area (Å²) in [5.41, 5.74) is 1.95. The van der Waals surface area contributed by atoms with E-state index in [-0.39, 0.29) is 18.3 Å². The Kier molecular flexibility index (Phi) is 4.72. The Hall–Kier alpha value is -2.64. The second kappa shape index (κ2) is 7.17. The molecule has 138 valence electrons. The molecular weight excluding hydrogens is 380 g/mol. The van der Waals surface area contributed by atoms with Gasteiger partial charge in [0.1, 0.15) is 11.5 Å². The van der Waals surface area contributed by atoms with Gasteiger partial charge in [0.2, 0.25) is 0 Å². The third-order valence-corrected chi connectivity index (χ3v) is 6.14. The van der Waals surface area contributed by atoms with Crippen LogP contribution in [0.4, 0.5) is 0 Å². The number of aromatic hydroxyl groups is 1. The molecule has 7 heteroatoms. The van der Waals surface area contributed by atoms with Gasteiger partial charge in [-0.15, -0.1) is 22.7 Å². The summed E-state index contributed by atoms with van der Waals surface area (Å²) in [4.78, 5) is 18.7. The molecule has 0 aliphatic carbocycles. The van der Waals surface area contributed by atoms with Crippen LogP contribution in [0, 0.1) is 6.92 Å². The van der Waals surface area contributed by atoms with Gasteiger partial charge in [0, 0.05) is 25.0 Å². The van der Waals surface area contributed by atoms with Gasteiger partial charge in [0.25, 0.3) is 5.91 Å². The summed E-state index contributed by atoms with van der Waals surface area (Å²) in [7, 11) is 1.74. The number of carbonyl (C=O) groups excluding carboxylic acids is 1. The lowest BCUT2D eigenvalue weighted by atomic mass is 10.2. The minimum absolute atomic E-state index is 0.0250. The maximum Gasteiger partial charge on any atom is 0.260 e. The van der Waals surface area contributed by atoms with Crippen molar-refractivity contribution >= 4 is 48.9 Å². The van der Waals surface area contributed by atoms with Crippen molar-refractivity contribution < 1.29 is 14.6 Å². The fraction of sp³-hybridized carbons (Fsp3) is 0.200. The highest BCUT2D eigenvalue weighted by atomic mass is 32.1. The zero-order chi connectivity index (χ0) is 19.0. The van der Waals surface area contributed by atoms with Gasteiger partial charge < -0.3 is 14.7 Å². The van der Waals surface area contributed by atoms with Gasteiger partial charge in [-0.2, -0.15) is 0 Å². The summed E-state index contributed by atoms with van der Waals surface area (Å²) >= 11 is 3.26. The van der Waals surface area contributed by atoms with Crippen molar-refractivity contribution in [3.8, 4) is 11.5 Å². The van der Waals surface area contributed by atoms with Crippen molar-refractivity contribution in [2.75, 3.05) is 13.7 Å². The Bertz CT molecular complexity index is 1120. The van der Waals surface area contributed by atoms with Gasteiger partial charge in [-0.25, -0.2) is 4.98 Å². The molecule has 0 saturated carbocycles. The first-order valence-corrected chi connectivity index (χ1v) is 10.1. The number of thiophene rings is 1. The number of aromatic nitrogens is 1. The molecule has 2 heterocycles. The Morgan fingerprint density at radius 3 is 2.81 bits per heavy atom. The maximum atomic E-state index is 12.5. The van der Waals surface area contributed by atoms with E-state index >= 15 is 0 Å². The van der Waals surface area contributed by atoms with Gasteiger partial charge in [0.15, 0.2) is 6.61 Å². The Morgan fingerprint density at radius 2 is 2.04 bits per heavy atom. The molecule has 1 N–H and O–H groups in total. The number of rotatable bonds is 5. The Labute approximate surface area is 164 Å². The van der Waals surface area contributed by atoms with Crippen molar-refractivity contribution in [1.82, 2.24) is 9.88 Å². The number of fused-ring (bicyclic) bond motifs is 3. The Morgan fingerprint density at radius 1 is 1.26 bits per heavy atom. The smallest absolute Gasteiger partial charge is 0.260 e. The molecule has 0 radical (unpaired) electrons. The van der Waals surface area contributed by atoms with Crippen molar-refractivity contribution in [3.05, 3.63) is 52.3 Å². The highest BCUT2D eigenvalue weighted by Crippen LogP contribution is 2.38. The summed E-state index contributed by atoms with van der Waals surface area (Å²) in [6.45, 7) is 2.43. The number of phenolic OH excluding ortho intramolecular Hbond substituents is 1. The lowest BCUT2D eigenvalue weighted by Crippen LogP contribution is -2.30. The first-order chi connectivity index (χ1) is 13.0. The third kappa shape index (κ3) is 3.61. The number of nitrogens with zero attached hydrogens (tertiary/aromatic N) is 2. The van der Waals surface area contributed by atoms with E-state index in [1.807, 2.05) is 24.4 Å². The zero-order valence-corrected chi connectivity index (χ0v) is 16.6. The second-order valence-electron chi connectivity index (χ2n) is 6.32. The molecule has 27 heavy (non-hydrogen) atoms. The quantitative estimate of drug-likeness (QED) is 0.535. The number of carbonyl (C=O) groups is 1. The topological polar surface area (TPSA) is 62.7 Å². The molecule has 0 aliphatic rings. The first kappa shape index (κ1) is 17.8. The van der Waals surface area contributed by atoms with Gasteiger partial charge in [-0.1, -0.05) is 12.1 Å². The second-order valence-corrected chi connectivity index (χ2v) is 8.47. The van der Waals surface area contributed by atoms with E-state index in [4.69, 9.17) is 4.74 Å². The SMILES string of the molecule is Cc1nc2c(cc(OCC(=O)N(C)Cc3ccc(O)cc3)c3ccsc32)s1. The van der Waals surface area contributed by atoms with Crippen LogP contribution >= 0.6 is 22.7 Å². The molecule has 0 spiro atoms. The molecule has 5 nitrogen and oxygen atoms in total. The van der Waals surface area contributed by atoms with E-state index in [9.17, 15) is 9.90 Å². The molecule has 4 rings (SSSR count). The van der Waals surface area contributed by atoms with E-state index in [1.54, 1.807) is 58.9 Å². The summed E-state index contributed by atoms with van der Waals surface area (Å²) in [5, 5.41) is 13.4. The van der Waals surface area contributed by atoms with Crippen LogP contribution in [0.5, 0.6) is 11.5 Å². The van der Waals surface area contributed by atoms with Crippen LogP contribution in [-0.4, -0.2) is 34.6 Å². The zero-order valence-electron chi connectivity index (χ0n) is 14.9. The van der Waals surface area contributed by atoms with E-state index in [0.29, 0.717) is 12.3 Å². The first-order valence-electron chi connectivity index (χ1n) is 8.43. The normalized spacial score (nSPS) is 11.2. The molecule has 0 unspecified atom stereocenters. The molecule has 0 atom stereocenters. The number of hydrogen-bond acceptors (Lipinski definition) is 6. The molecule has 4 aromatic rings. The fourth-order valence-corrected chi connectivity index (χ4v) is 4.75. The highest BCUT2D eigenvalue weighted by molar-refractivity contribution is 7.21. The number of thiazole rings is 1. The monoisotopic (exact) mass is 398 g/mol. The van der Waals surface area contributed by atoms with Gasteiger partial charge in [-0.3, -0.25) is 4.79 Å². The van der Waals surface area contributed by atoms with Crippen LogP contribution < -0.4 is 4.74 Å². The summed E-state index contributed by atoms with van der Waals surface area (Å²) in [6.07, 6.45) is 0. The molecule has 1 amide bonds. The van der Waals surface area contributed by atoms with Crippen LogP contribution in [0.25, 0.3) is 20.3 Å². The molecule has 0 bridgehead atoms. The summed E-state index contributed by atoms with van der Waals surface area (Å²) in [6, 6.07) is 10.8. The van der Waals surface area contributed by atoms with Gasteiger partial charge in [0.05, 0.1) is 19.9 Å². The maximum absolute atomic E-state index is 12.5. The molecule has 0 aliphatic heterocycles. The Balaban J connectivity index is 1.49. The van der Waals surface area contributed by atoms with E-state index in [0.717, 1.165) is 30.9 Å². The van der Waals surface area contributed by atoms with E-state index in [1.165, 1.54) is 0 Å². The average Bonchev–Trinajstić information content (AvgIpc) is 3.27. The molecule has 0 saturated heterocycles. The predicted molar refractivity (Wildman–Crippen MR) is 110 cm³/mol. The number of ether oxygens (including phenoxy) is 1. The lowest BCUT2D eigenvalue weighted by Gasteiger charge is -2.18. The largest absolute Gasteiger partial charge is 0.508 e. The van der Waals surface area contributed by atoms with E-state index in [2.05, 4.69) is 4.98 Å². The summed E-state index contributed by atoms with van der Waals surface area (Å²) in [5.74, 6) is 0.824. The van der Waals surface area contributed by atoms with Crippen LogP contribution in [0.2, 0.25) is 0 Å². The number of aryl methyl sites for hydroxylation is 1. The van der Waals surface area contributed by atoms with Crippen LogP contribution in [0.3, 0.4) is 0 Å². The standard InChI is InChI=1S/C20H18N2O3S2/c1-12-21-19-17(27-12)9-16(15-7-8-26-20(15)19)25-11-18(24)22(2)10-13-3-5-14(23)6-4-13/h3-9,23H,10-11H2,1-2H3. The van der Waals surface area contributed by atoms with Crippen molar-refractivity contribution in [2.45, 2.75) is 13.5 Å². The van der Waals surface area contributed by atoms with Crippen molar-refractivity contribution in [3.63, 3.8) is 0 Å². The fourth-order valence-electron chi connectivity index (χ4n) is 2.92. The van der Waals surface area contributed by atoms with Crippen LogP contribution in [-0.2, 0) is 11.3 Å². The summed E-state index contributed by atoms with van der Waals surface area (Å²) < 4.78 is 8.05. The van der Waals surface area contributed by atoms with Gasteiger partial charge >= 0.3 is 0 Å². The predicted octanol–water partition coefficient (Wildman–Crippen LogP) is 4.56. The van der Waals surface area contributed by atoms with Crippen molar-refractivity contribution in [2.24, 2.45) is 0 Å². The molecular formula is C20H18N2O3S2. The van der Waals surface area contributed by atoms with E-state index < -0.39 is 0 Å². The number of hydrogen-bond donors (Lipinski definition) is 1. The number of amides is 1. The number of benzene rings is 2. The van der Waals surface area contributed by atoms with Crippen molar-refractivity contribution in [1.29, 1.82) is 0 Å². The lowest BCUT2D eigenvalue weighted by molar-refractivity contribution is -0.132. The molecule has 2 aromatic carbocycles. The minimum Gasteiger partial charge on any atom is -0.508 e. The van der Waals surface area contributed by atoms with Crippen LogP contribution in [0.1, 0.15) is 10.6 Å². The highest BCUT2D eigenvalue weighted by Gasteiger charge is 2.15. The molecule has 2 aromatic heterocycles. The van der Waals surface area contributed by atoms with Crippen LogP contribution in [0.15, 0.2) is 41.8 Å². The third-order valence-electron chi connectivity index (χ3n) is 4.30. The molecule has 0 fully saturated rings. The number of likely N-dealkylation sites (N-methyl/N-ethyl adjacent to an activating group) is 1. The van der Waals surface area contributed by atoms with Gasteiger partial charge in [-0.05, 0) is 36.1 Å². The minimum atomic E-state index is -0.105. The number of phenols is 1. The average molecular weight is 399 g/mol.